The average Bonchev–Trinajstić information content (AvgIpc) is 2.79. The van der Waals surface area contributed by atoms with Crippen LogP contribution in [0.5, 0.6) is 0 Å². The van der Waals surface area contributed by atoms with Crippen molar-refractivity contribution >= 4 is 21.3 Å². The number of anilines is 1. The maximum absolute atomic E-state index is 12.1. The molecule has 2 rings (SSSR count). The molecule has 1 heterocycles. The lowest BCUT2D eigenvalue weighted by atomic mass is 10.1. The molecule has 1 aromatic carbocycles. The smallest absolute Gasteiger partial charge is 0.194 e. The van der Waals surface area contributed by atoms with E-state index in [2.05, 4.69) is 4.98 Å². The highest BCUT2D eigenvalue weighted by molar-refractivity contribution is 7.90. The first-order valence-corrected chi connectivity index (χ1v) is 7.05. The molecule has 2 aromatic rings. The molecule has 0 saturated heterocycles. The predicted molar refractivity (Wildman–Crippen MR) is 68.2 cm³/mol. The van der Waals surface area contributed by atoms with Gasteiger partial charge in [-0.1, -0.05) is 0 Å². The first-order chi connectivity index (χ1) is 8.38. The van der Waals surface area contributed by atoms with Crippen molar-refractivity contribution in [2.75, 3.05) is 12.0 Å². The maximum atomic E-state index is 12.1. The van der Waals surface area contributed by atoms with Gasteiger partial charge in [0.2, 0.25) is 0 Å². The van der Waals surface area contributed by atoms with Crippen molar-refractivity contribution < 1.29 is 13.2 Å². The van der Waals surface area contributed by atoms with Crippen molar-refractivity contribution in [3.8, 4) is 0 Å². The summed E-state index contributed by atoms with van der Waals surface area (Å²) in [5, 5.41) is 0. The summed E-state index contributed by atoms with van der Waals surface area (Å²) < 4.78 is 22.9. The van der Waals surface area contributed by atoms with Crippen LogP contribution in [0.3, 0.4) is 0 Å². The van der Waals surface area contributed by atoms with Crippen LogP contribution in [0.2, 0.25) is 0 Å². The van der Waals surface area contributed by atoms with Crippen LogP contribution in [0.1, 0.15) is 15.9 Å². The molecule has 1 aromatic heterocycles. The quantitative estimate of drug-likeness (QED) is 0.644. The van der Waals surface area contributed by atoms with Gasteiger partial charge in [-0.15, -0.1) is 0 Å². The van der Waals surface area contributed by atoms with Crippen molar-refractivity contribution in [2.45, 2.75) is 4.90 Å². The highest BCUT2D eigenvalue weighted by Crippen LogP contribution is 2.19. The van der Waals surface area contributed by atoms with E-state index in [0.717, 1.165) is 6.26 Å². The summed E-state index contributed by atoms with van der Waals surface area (Å²) in [6.45, 7) is 0. The molecular formula is C12H12N2O3S. The fourth-order valence-electron chi connectivity index (χ4n) is 1.60. The molecular weight excluding hydrogens is 252 g/mol. The summed E-state index contributed by atoms with van der Waals surface area (Å²) in [6.07, 6.45) is 4.25. The molecule has 18 heavy (non-hydrogen) atoms. The zero-order valence-corrected chi connectivity index (χ0v) is 10.5. The number of carbonyl (C=O) groups excluding carboxylic acids is 1. The third kappa shape index (κ3) is 2.43. The molecule has 3 N–H and O–H groups in total. The molecule has 0 unspecified atom stereocenters. The fourth-order valence-corrected chi connectivity index (χ4v) is 2.29. The standard InChI is InChI=1S/C12H12N2O3S/c1-18(16,17)11-5-9(4-10(13)6-11)12(15)8-2-3-14-7-8/h2-7,14H,13H2,1H3. The molecule has 0 aliphatic carbocycles. The van der Waals surface area contributed by atoms with Crippen LogP contribution in [-0.4, -0.2) is 25.4 Å². The summed E-state index contributed by atoms with van der Waals surface area (Å²) in [6, 6.07) is 5.75. The molecule has 5 nitrogen and oxygen atoms in total. The Morgan fingerprint density at radius 2 is 1.94 bits per heavy atom. The number of sulfone groups is 1. The number of nitrogen functional groups attached to an aromatic ring is 1. The Balaban J connectivity index is 2.53. The number of nitrogens with two attached hydrogens (primary N) is 1. The minimum absolute atomic E-state index is 0.0429. The molecule has 0 fully saturated rings. The van der Waals surface area contributed by atoms with Gasteiger partial charge in [0.1, 0.15) is 0 Å². The number of rotatable bonds is 3. The molecule has 0 saturated carbocycles. The summed E-state index contributed by atoms with van der Waals surface area (Å²) >= 11 is 0. The normalized spacial score (nSPS) is 11.4. The van der Waals surface area contributed by atoms with Crippen LogP contribution >= 0.6 is 0 Å². The van der Waals surface area contributed by atoms with Gasteiger partial charge in [0.15, 0.2) is 15.6 Å². The third-order valence-electron chi connectivity index (χ3n) is 2.48. The molecule has 0 aliphatic rings. The molecule has 0 amide bonds. The van der Waals surface area contributed by atoms with E-state index in [4.69, 9.17) is 5.73 Å². The summed E-state index contributed by atoms with van der Waals surface area (Å²) in [5.41, 5.74) is 6.59. The summed E-state index contributed by atoms with van der Waals surface area (Å²) in [7, 11) is -3.39. The van der Waals surface area contributed by atoms with Crippen LogP contribution in [0.4, 0.5) is 5.69 Å². The number of nitrogens with one attached hydrogen (secondary N) is 1. The number of aromatic nitrogens is 1. The van der Waals surface area contributed by atoms with Gasteiger partial charge in [0, 0.05) is 35.5 Å². The number of aromatic amines is 1. The molecule has 6 heteroatoms. The van der Waals surface area contributed by atoms with Gasteiger partial charge in [0.25, 0.3) is 0 Å². The predicted octanol–water partition coefficient (Wildman–Crippen LogP) is 1.23. The van der Waals surface area contributed by atoms with Crippen LogP contribution in [0.25, 0.3) is 0 Å². The first kappa shape index (κ1) is 12.4. The van der Waals surface area contributed by atoms with Gasteiger partial charge < -0.3 is 10.7 Å². The number of H-pyrrole nitrogens is 1. The van der Waals surface area contributed by atoms with Crippen molar-refractivity contribution in [3.05, 3.63) is 47.8 Å². The van der Waals surface area contributed by atoms with E-state index in [1.165, 1.54) is 18.2 Å². The average molecular weight is 264 g/mol. The Bertz CT molecular complexity index is 688. The van der Waals surface area contributed by atoms with Crippen LogP contribution in [0, 0.1) is 0 Å². The fraction of sp³-hybridized carbons (Fsp3) is 0.0833. The van der Waals surface area contributed by atoms with Crippen molar-refractivity contribution in [2.24, 2.45) is 0 Å². The number of carbonyl (C=O) groups is 1. The van der Waals surface area contributed by atoms with Gasteiger partial charge in [0.05, 0.1) is 4.90 Å². The molecule has 0 spiro atoms. The Labute approximate surface area is 105 Å². The minimum atomic E-state index is -3.39. The summed E-state index contributed by atoms with van der Waals surface area (Å²) in [5.74, 6) is -0.270. The zero-order chi connectivity index (χ0) is 13.3. The number of benzene rings is 1. The van der Waals surface area contributed by atoms with Gasteiger partial charge >= 0.3 is 0 Å². The van der Waals surface area contributed by atoms with E-state index in [1.54, 1.807) is 18.5 Å². The second-order valence-corrected chi connectivity index (χ2v) is 6.01. The Hall–Kier alpha value is -2.08. The SMILES string of the molecule is CS(=O)(=O)c1cc(N)cc(C(=O)c2cc[nH]c2)c1. The number of hydrogen-bond donors (Lipinski definition) is 2. The number of ketones is 1. The van der Waals surface area contributed by atoms with E-state index in [1.807, 2.05) is 0 Å². The van der Waals surface area contributed by atoms with Gasteiger partial charge in [-0.05, 0) is 24.3 Å². The molecule has 0 radical (unpaired) electrons. The maximum Gasteiger partial charge on any atom is 0.194 e. The Morgan fingerprint density at radius 1 is 1.22 bits per heavy atom. The zero-order valence-electron chi connectivity index (χ0n) is 9.67. The lowest BCUT2D eigenvalue weighted by Gasteiger charge is -2.04. The van der Waals surface area contributed by atoms with Crippen LogP contribution in [-0.2, 0) is 9.84 Å². The highest BCUT2D eigenvalue weighted by atomic mass is 32.2. The largest absolute Gasteiger partial charge is 0.399 e. The van der Waals surface area contributed by atoms with Gasteiger partial charge in [-0.3, -0.25) is 4.79 Å². The third-order valence-corrected chi connectivity index (χ3v) is 3.57. The van der Waals surface area contributed by atoms with Gasteiger partial charge in [-0.2, -0.15) is 0 Å². The minimum Gasteiger partial charge on any atom is -0.399 e. The van der Waals surface area contributed by atoms with E-state index in [-0.39, 0.29) is 21.9 Å². The first-order valence-electron chi connectivity index (χ1n) is 5.16. The van der Waals surface area contributed by atoms with Crippen LogP contribution in [0.15, 0.2) is 41.6 Å². The molecule has 0 bridgehead atoms. The van der Waals surface area contributed by atoms with E-state index in [0.29, 0.717) is 5.56 Å². The number of hydrogen-bond acceptors (Lipinski definition) is 4. The Morgan fingerprint density at radius 3 is 2.50 bits per heavy atom. The monoisotopic (exact) mass is 264 g/mol. The van der Waals surface area contributed by atoms with E-state index in [9.17, 15) is 13.2 Å². The second-order valence-electron chi connectivity index (χ2n) is 3.99. The van der Waals surface area contributed by atoms with E-state index >= 15 is 0 Å². The summed E-state index contributed by atoms with van der Waals surface area (Å²) in [4.78, 5) is 14.9. The molecule has 0 atom stereocenters. The van der Waals surface area contributed by atoms with Crippen LogP contribution < -0.4 is 5.73 Å². The molecule has 94 valence electrons. The highest BCUT2D eigenvalue weighted by Gasteiger charge is 2.15. The second kappa shape index (κ2) is 4.30. The lowest BCUT2D eigenvalue weighted by Crippen LogP contribution is -2.05. The van der Waals surface area contributed by atoms with E-state index < -0.39 is 9.84 Å². The van der Waals surface area contributed by atoms with Crippen molar-refractivity contribution in [3.63, 3.8) is 0 Å². The van der Waals surface area contributed by atoms with Crippen molar-refractivity contribution in [1.29, 1.82) is 0 Å². The Kier molecular flexibility index (Phi) is 2.96. The molecule has 0 aliphatic heterocycles. The lowest BCUT2D eigenvalue weighted by molar-refractivity contribution is 0.103. The topological polar surface area (TPSA) is 93.0 Å². The van der Waals surface area contributed by atoms with Gasteiger partial charge in [-0.25, -0.2) is 8.42 Å². The van der Waals surface area contributed by atoms with Crippen molar-refractivity contribution in [1.82, 2.24) is 4.98 Å².